The lowest BCUT2D eigenvalue weighted by Gasteiger charge is -2.07. The van der Waals surface area contributed by atoms with Gasteiger partial charge in [0.25, 0.3) is 0 Å². The van der Waals surface area contributed by atoms with E-state index < -0.39 is 0 Å². The lowest BCUT2D eigenvalue weighted by Crippen LogP contribution is -2.09. The van der Waals surface area contributed by atoms with Crippen LogP contribution in [0.3, 0.4) is 0 Å². The van der Waals surface area contributed by atoms with E-state index in [2.05, 4.69) is 10.5 Å². The number of ether oxygens (including phenoxy) is 1. The van der Waals surface area contributed by atoms with Crippen LogP contribution in [-0.4, -0.2) is 12.2 Å². The molecule has 0 amide bonds. The van der Waals surface area contributed by atoms with E-state index in [1.807, 2.05) is 78.9 Å². The standard InChI is InChI=1S/C24H18N2O2/c27-24(23-12-6-8-19-7-4-5-11-22(19)23)28-21-15-13-18(14-16-21)17-25-26-20-9-2-1-3-10-20/h1-17,26H. The van der Waals surface area contributed by atoms with Crippen molar-refractivity contribution in [1.82, 2.24) is 0 Å². The average molecular weight is 366 g/mol. The van der Waals surface area contributed by atoms with Gasteiger partial charge in [-0.1, -0.05) is 54.6 Å². The Morgan fingerprint density at radius 1 is 0.786 bits per heavy atom. The number of benzene rings is 4. The number of hydrogen-bond acceptors (Lipinski definition) is 4. The molecule has 0 atom stereocenters. The second kappa shape index (κ2) is 8.18. The first-order valence-corrected chi connectivity index (χ1v) is 8.94. The fraction of sp³-hybridized carbons (Fsp3) is 0. The molecule has 1 N–H and O–H groups in total. The summed E-state index contributed by atoms with van der Waals surface area (Å²) < 4.78 is 5.54. The number of hydrazone groups is 1. The van der Waals surface area contributed by atoms with Crippen LogP contribution in [0.15, 0.2) is 102 Å². The summed E-state index contributed by atoms with van der Waals surface area (Å²) in [7, 11) is 0. The van der Waals surface area contributed by atoms with Crippen LogP contribution in [0.1, 0.15) is 15.9 Å². The van der Waals surface area contributed by atoms with Gasteiger partial charge in [-0.15, -0.1) is 0 Å². The van der Waals surface area contributed by atoms with E-state index in [1.165, 1.54) is 0 Å². The molecule has 4 nitrogen and oxygen atoms in total. The van der Waals surface area contributed by atoms with Crippen molar-refractivity contribution in [2.75, 3.05) is 5.43 Å². The number of hydrogen-bond donors (Lipinski definition) is 1. The summed E-state index contributed by atoms with van der Waals surface area (Å²) in [6.45, 7) is 0. The van der Waals surface area contributed by atoms with Gasteiger partial charge >= 0.3 is 5.97 Å². The fourth-order valence-electron chi connectivity index (χ4n) is 2.88. The van der Waals surface area contributed by atoms with Crippen molar-refractivity contribution in [3.05, 3.63) is 108 Å². The van der Waals surface area contributed by atoms with E-state index in [0.29, 0.717) is 11.3 Å². The molecular formula is C24H18N2O2. The first-order chi connectivity index (χ1) is 13.8. The van der Waals surface area contributed by atoms with Gasteiger partial charge in [0.05, 0.1) is 17.5 Å². The third-order valence-corrected chi connectivity index (χ3v) is 4.28. The first kappa shape index (κ1) is 17.5. The molecule has 0 heterocycles. The molecule has 4 heteroatoms. The van der Waals surface area contributed by atoms with E-state index in [-0.39, 0.29) is 5.97 Å². The maximum Gasteiger partial charge on any atom is 0.344 e. The Bertz CT molecular complexity index is 1110. The minimum atomic E-state index is -0.371. The number of carbonyl (C=O) groups excluding carboxylic acids is 1. The zero-order valence-electron chi connectivity index (χ0n) is 15.1. The number of nitrogens with one attached hydrogen (secondary N) is 1. The van der Waals surface area contributed by atoms with Crippen molar-refractivity contribution in [2.24, 2.45) is 5.10 Å². The first-order valence-electron chi connectivity index (χ1n) is 8.94. The highest BCUT2D eigenvalue weighted by Gasteiger charge is 2.12. The molecule has 0 aromatic heterocycles. The van der Waals surface area contributed by atoms with Crippen LogP contribution < -0.4 is 10.2 Å². The molecule has 0 radical (unpaired) electrons. The highest BCUT2D eigenvalue weighted by molar-refractivity contribution is 6.05. The zero-order valence-corrected chi connectivity index (χ0v) is 15.1. The van der Waals surface area contributed by atoms with Crippen molar-refractivity contribution < 1.29 is 9.53 Å². The van der Waals surface area contributed by atoms with Crippen molar-refractivity contribution in [1.29, 1.82) is 0 Å². The molecule has 4 rings (SSSR count). The van der Waals surface area contributed by atoms with E-state index >= 15 is 0 Å². The van der Waals surface area contributed by atoms with Gasteiger partial charge in [-0.2, -0.15) is 5.10 Å². The quantitative estimate of drug-likeness (QED) is 0.219. The molecule has 4 aromatic carbocycles. The second-order valence-corrected chi connectivity index (χ2v) is 6.22. The Hall–Kier alpha value is -3.92. The van der Waals surface area contributed by atoms with Crippen LogP contribution in [0.2, 0.25) is 0 Å². The largest absolute Gasteiger partial charge is 0.423 e. The molecule has 0 unspecified atom stereocenters. The van der Waals surface area contributed by atoms with Gasteiger partial charge in [-0.3, -0.25) is 5.43 Å². The number of para-hydroxylation sites is 1. The van der Waals surface area contributed by atoms with Crippen LogP contribution in [0.5, 0.6) is 5.75 Å². The number of carbonyl (C=O) groups is 1. The number of fused-ring (bicyclic) bond motifs is 1. The molecule has 136 valence electrons. The van der Waals surface area contributed by atoms with Gasteiger partial charge in [0.15, 0.2) is 0 Å². The maximum absolute atomic E-state index is 12.6. The Labute approximate surface area is 163 Å². The van der Waals surface area contributed by atoms with E-state index in [1.54, 1.807) is 24.4 Å². The van der Waals surface area contributed by atoms with Crippen molar-refractivity contribution in [3.63, 3.8) is 0 Å². The lowest BCUT2D eigenvalue weighted by molar-refractivity contribution is 0.0737. The third-order valence-electron chi connectivity index (χ3n) is 4.28. The predicted octanol–water partition coefficient (Wildman–Crippen LogP) is 5.51. The minimum absolute atomic E-state index is 0.371. The number of rotatable bonds is 5. The molecule has 28 heavy (non-hydrogen) atoms. The monoisotopic (exact) mass is 366 g/mol. The molecule has 0 spiro atoms. The molecule has 4 aromatic rings. The summed E-state index contributed by atoms with van der Waals surface area (Å²) >= 11 is 0. The molecular weight excluding hydrogens is 348 g/mol. The number of anilines is 1. The Kier molecular flexibility index (Phi) is 5.11. The van der Waals surface area contributed by atoms with Crippen LogP contribution in [-0.2, 0) is 0 Å². The van der Waals surface area contributed by atoms with Crippen molar-refractivity contribution in [3.8, 4) is 5.75 Å². The average Bonchev–Trinajstić information content (AvgIpc) is 2.75. The molecule has 0 aliphatic heterocycles. The van der Waals surface area contributed by atoms with Crippen LogP contribution in [0, 0.1) is 0 Å². The molecule has 0 aliphatic rings. The van der Waals surface area contributed by atoms with Gasteiger partial charge in [0.1, 0.15) is 5.75 Å². The molecule has 0 fully saturated rings. The summed E-state index contributed by atoms with van der Waals surface area (Å²) in [5.74, 6) is 0.120. The molecule has 0 saturated carbocycles. The van der Waals surface area contributed by atoms with Crippen LogP contribution in [0.25, 0.3) is 10.8 Å². The number of nitrogens with zero attached hydrogens (tertiary/aromatic N) is 1. The Morgan fingerprint density at radius 3 is 2.32 bits per heavy atom. The zero-order chi connectivity index (χ0) is 19.2. The Balaban J connectivity index is 1.43. The molecule has 0 aliphatic carbocycles. The summed E-state index contributed by atoms with van der Waals surface area (Å²) in [5.41, 5.74) is 5.33. The van der Waals surface area contributed by atoms with E-state index in [4.69, 9.17) is 4.74 Å². The summed E-state index contributed by atoms with van der Waals surface area (Å²) in [6, 6.07) is 30.3. The Morgan fingerprint density at radius 2 is 1.50 bits per heavy atom. The maximum atomic E-state index is 12.6. The molecule has 0 bridgehead atoms. The SMILES string of the molecule is O=C(Oc1ccc(C=NNc2ccccc2)cc1)c1cccc2ccccc12. The lowest BCUT2D eigenvalue weighted by atomic mass is 10.0. The second-order valence-electron chi connectivity index (χ2n) is 6.22. The normalized spacial score (nSPS) is 10.9. The molecule has 0 saturated heterocycles. The summed E-state index contributed by atoms with van der Waals surface area (Å²) in [6.07, 6.45) is 1.71. The smallest absolute Gasteiger partial charge is 0.344 e. The van der Waals surface area contributed by atoms with Gasteiger partial charge in [-0.05, 0) is 58.8 Å². The fourth-order valence-corrected chi connectivity index (χ4v) is 2.88. The van der Waals surface area contributed by atoms with E-state index in [0.717, 1.165) is 22.0 Å². The predicted molar refractivity (Wildman–Crippen MR) is 113 cm³/mol. The van der Waals surface area contributed by atoms with Crippen molar-refractivity contribution in [2.45, 2.75) is 0 Å². The third kappa shape index (κ3) is 4.07. The van der Waals surface area contributed by atoms with Gasteiger partial charge < -0.3 is 4.74 Å². The van der Waals surface area contributed by atoms with E-state index in [9.17, 15) is 4.79 Å². The minimum Gasteiger partial charge on any atom is -0.423 e. The summed E-state index contributed by atoms with van der Waals surface area (Å²) in [4.78, 5) is 12.6. The van der Waals surface area contributed by atoms with Crippen LogP contribution >= 0.6 is 0 Å². The highest BCUT2D eigenvalue weighted by Crippen LogP contribution is 2.21. The van der Waals surface area contributed by atoms with Gasteiger partial charge in [0.2, 0.25) is 0 Å². The van der Waals surface area contributed by atoms with Gasteiger partial charge in [-0.25, -0.2) is 4.79 Å². The van der Waals surface area contributed by atoms with Crippen LogP contribution in [0.4, 0.5) is 5.69 Å². The number of esters is 1. The highest BCUT2D eigenvalue weighted by atomic mass is 16.5. The van der Waals surface area contributed by atoms with Crippen molar-refractivity contribution >= 4 is 28.6 Å². The van der Waals surface area contributed by atoms with Gasteiger partial charge in [0, 0.05) is 0 Å². The summed E-state index contributed by atoms with van der Waals surface area (Å²) in [5, 5.41) is 6.09. The topological polar surface area (TPSA) is 50.7 Å².